The summed E-state index contributed by atoms with van der Waals surface area (Å²) < 4.78 is 0. The van der Waals surface area contributed by atoms with Crippen LogP contribution in [0.5, 0.6) is 0 Å². The Labute approximate surface area is 115 Å². The monoisotopic (exact) mass is 270 g/mol. The summed E-state index contributed by atoms with van der Waals surface area (Å²) in [5.74, 6) is -0.236. The molecule has 0 aromatic rings. The van der Waals surface area contributed by atoms with Gasteiger partial charge in [-0.1, -0.05) is 13.3 Å². The van der Waals surface area contributed by atoms with E-state index in [1.807, 2.05) is 13.8 Å². The van der Waals surface area contributed by atoms with Crippen LogP contribution < -0.4 is 5.32 Å². The summed E-state index contributed by atoms with van der Waals surface area (Å²) >= 11 is 0. The van der Waals surface area contributed by atoms with Crippen molar-refractivity contribution in [2.75, 3.05) is 19.6 Å². The maximum atomic E-state index is 12.1. The summed E-state index contributed by atoms with van der Waals surface area (Å²) in [6, 6.07) is -0.143. The van der Waals surface area contributed by atoms with Crippen molar-refractivity contribution in [2.24, 2.45) is 11.3 Å². The molecule has 0 saturated heterocycles. The number of amides is 2. The molecule has 1 atom stereocenters. The van der Waals surface area contributed by atoms with Crippen LogP contribution in [0.4, 0.5) is 4.79 Å². The zero-order valence-corrected chi connectivity index (χ0v) is 12.2. The molecule has 2 amide bonds. The van der Waals surface area contributed by atoms with Gasteiger partial charge in [0, 0.05) is 19.6 Å². The van der Waals surface area contributed by atoms with Gasteiger partial charge < -0.3 is 15.3 Å². The Hall–Kier alpha value is -1.26. The molecule has 5 heteroatoms. The third kappa shape index (κ3) is 4.11. The standard InChI is InChI=1S/C14H26N2O3/c1-4-14(3,12(17)18)10-15-13(19)16(5-2)9-11-7-6-8-11/h11H,4-10H2,1-3H3,(H,15,19)(H,17,18). The first-order valence-electron chi connectivity index (χ1n) is 7.19. The number of rotatable bonds is 7. The zero-order valence-electron chi connectivity index (χ0n) is 12.2. The lowest BCUT2D eigenvalue weighted by Crippen LogP contribution is -2.48. The summed E-state index contributed by atoms with van der Waals surface area (Å²) in [5, 5.41) is 11.9. The van der Waals surface area contributed by atoms with Crippen LogP contribution in [0.2, 0.25) is 0 Å². The number of urea groups is 1. The molecule has 1 aliphatic rings. The van der Waals surface area contributed by atoms with Crippen LogP contribution in [0.25, 0.3) is 0 Å². The minimum atomic E-state index is -0.883. The minimum Gasteiger partial charge on any atom is -0.481 e. The summed E-state index contributed by atoms with van der Waals surface area (Å²) in [6.07, 6.45) is 4.16. The van der Waals surface area contributed by atoms with E-state index in [1.165, 1.54) is 19.3 Å². The summed E-state index contributed by atoms with van der Waals surface area (Å²) in [7, 11) is 0. The van der Waals surface area contributed by atoms with Gasteiger partial charge in [-0.25, -0.2) is 4.79 Å². The molecular formula is C14H26N2O3. The highest BCUT2D eigenvalue weighted by atomic mass is 16.4. The molecule has 0 radical (unpaired) electrons. The SMILES string of the molecule is CCN(CC1CCC1)C(=O)NCC(C)(CC)C(=O)O. The largest absolute Gasteiger partial charge is 0.481 e. The van der Waals surface area contributed by atoms with E-state index in [2.05, 4.69) is 5.32 Å². The molecule has 1 rings (SSSR count). The topological polar surface area (TPSA) is 69.6 Å². The molecule has 1 unspecified atom stereocenters. The molecule has 1 aliphatic carbocycles. The van der Waals surface area contributed by atoms with Crippen LogP contribution in [-0.4, -0.2) is 41.6 Å². The highest BCUT2D eigenvalue weighted by molar-refractivity contribution is 5.77. The first kappa shape index (κ1) is 15.8. The zero-order chi connectivity index (χ0) is 14.5. The second kappa shape index (κ2) is 6.78. The highest BCUT2D eigenvalue weighted by Crippen LogP contribution is 2.27. The quantitative estimate of drug-likeness (QED) is 0.746. The van der Waals surface area contributed by atoms with Crippen molar-refractivity contribution in [2.45, 2.75) is 46.5 Å². The molecule has 19 heavy (non-hydrogen) atoms. The fourth-order valence-corrected chi connectivity index (χ4v) is 2.08. The lowest BCUT2D eigenvalue weighted by atomic mass is 9.85. The number of carboxylic acid groups (broad SMARTS) is 1. The average molecular weight is 270 g/mol. The van der Waals surface area contributed by atoms with Crippen molar-refractivity contribution < 1.29 is 14.7 Å². The van der Waals surface area contributed by atoms with Crippen molar-refractivity contribution in [3.63, 3.8) is 0 Å². The van der Waals surface area contributed by atoms with Crippen LogP contribution in [0, 0.1) is 11.3 Å². The number of hydrogen-bond donors (Lipinski definition) is 2. The number of nitrogens with one attached hydrogen (secondary N) is 1. The van der Waals surface area contributed by atoms with Crippen LogP contribution in [0.1, 0.15) is 46.5 Å². The second-order valence-electron chi connectivity index (χ2n) is 5.71. The molecular weight excluding hydrogens is 244 g/mol. The first-order valence-corrected chi connectivity index (χ1v) is 7.19. The average Bonchev–Trinajstić information content (AvgIpc) is 2.34. The smallest absolute Gasteiger partial charge is 0.317 e. The molecule has 0 bridgehead atoms. The van der Waals surface area contributed by atoms with Gasteiger partial charge in [-0.15, -0.1) is 0 Å². The van der Waals surface area contributed by atoms with Gasteiger partial charge in [0.25, 0.3) is 0 Å². The van der Waals surface area contributed by atoms with E-state index in [1.54, 1.807) is 11.8 Å². The van der Waals surface area contributed by atoms with Crippen molar-refractivity contribution >= 4 is 12.0 Å². The van der Waals surface area contributed by atoms with E-state index in [4.69, 9.17) is 5.11 Å². The molecule has 0 spiro atoms. The Morgan fingerprint density at radius 3 is 2.37 bits per heavy atom. The van der Waals surface area contributed by atoms with Crippen LogP contribution in [0.3, 0.4) is 0 Å². The summed E-state index contributed by atoms with van der Waals surface area (Å²) in [6.45, 7) is 7.08. The molecule has 5 nitrogen and oxygen atoms in total. The Balaban J connectivity index is 2.45. The molecule has 0 heterocycles. The third-order valence-electron chi connectivity index (χ3n) is 4.30. The van der Waals surface area contributed by atoms with Gasteiger partial charge in [-0.2, -0.15) is 0 Å². The van der Waals surface area contributed by atoms with Gasteiger partial charge in [-0.3, -0.25) is 4.79 Å². The molecule has 1 saturated carbocycles. The maximum absolute atomic E-state index is 12.1. The van der Waals surface area contributed by atoms with E-state index in [-0.39, 0.29) is 12.6 Å². The van der Waals surface area contributed by atoms with Crippen LogP contribution in [-0.2, 0) is 4.79 Å². The first-order chi connectivity index (χ1) is 8.92. The Morgan fingerprint density at radius 1 is 1.37 bits per heavy atom. The van der Waals surface area contributed by atoms with Gasteiger partial charge >= 0.3 is 12.0 Å². The number of aliphatic carboxylic acids is 1. The Bertz CT molecular complexity index is 329. The fraction of sp³-hybridized carbons (Fsp3) is 0.857. The number of carbonyl (C=O) groups is 2. The van der Waals surface area contributed by atoms with E-state index in [0.29, 0.717) is 18.9 Å². The molecule has 110 valence electrons. The van der Waals surface area contributed by atoms with Crippen LogP contribution >= 0.6 is 0 Å². The molecule has 1 fully saturated rings. The lowest BCUT2D eigenvalue weighted by Gasteiger charge is -2.32. The number of hydrogen-bond acceptors (Lipinski definition) is 2. The maximum Gasteiger partial charge on any atom is 0.317 e. The van der Waals surface area contributed by atoms with E-state index in [0.717, 1.165) is 6.54 Å². The van der Waals surface area contributed by atoms with Crippen molar-refractivity contribution in [3.05, 3.63) is 0 Å². The van der Waals surface area contributed by atoms with Crippen LogP contribution in [0.15, 0.2) is 0 Å². The predicted molar refractivity (Wildman–Crippen MR) is 74.0 cm³/mol. The Kier molecular flexibility index (Phi) is 5.63. The molecule has 0 aromatic heterocycles. The lowest BCUT2D eigenvalue weighted by molar-refractivity contribution is -0.147. The van der Waals surface area contributed by atoms with Gasteiger partial charge in [-0.05, 0) is 39.0 Å². The number of nitrogens with zero attached hydrogens (tertiary/aromatic N) is 1. The predicted octanol–water partition coefficient (Wildman–Crippen LogP) is 2.32. The molecule has 0 aromatic carbocycles. The van der Waals surface area contributed by atoms with Crippen molar-refractivity contribution in [1.29, 1.82) is 0 Å². The van der Waals surface area contributed by atoms with E-state index >= 15 is 0 Å². The van der Waals surface area contributed by atoms with Crippen molar-refractivity contribution in [1.82, 2.24) is 10.2 Å². The Morgan fingerprint density at radius 2 is 2.00 bits per heavy atom. The molecule has 0 aliphatic heterocycles. The second-order valence-corrected chi connectivity index (χ2v) is 5.71. The fourth-order valence-electron chi connectivity index (χ4n) is 2.08. The highest BCUT2D eigenvalue weighted by Gasteiger charge is 2.32. The van der Waals surface area contributed by atoms with E-state index in [9.17, 15) is 9.59 Å². The van der Waals surface area contributed by atoms with Gasteiger partial charge in [0.1, 0.15) is 0 Å². The van der Waals surface area contributed by atoms with Crippen molar-refractivity contribution in [3.8, 4) is 0 Å². The van der Waals surface area contributed by atoms with Gasteiger partial charge in [0.15, 0.2) is 0 Å². The van der Waals surface area contributed by atoms with E-state index < -0.39 is 11.4 Å². The molecule has 2 N–H and O–H groups in total. The summed E-state index contributed by atoms with van der Waals surface area (Å²) in [5.41, 5.74) is -0.883. The van der Waals surface area contributed by atoms with Gasteiger partial charge in [0.05, 0.1) is 5.41 Å². The normalized spacial score (nSPS) is 18.3. The minimum absolute atomic E-state index is 0.143. The number of carboxylic acids is 1. The number of carbonyl (C=O) groups excluding carboxylic acids is 1. The third-order valence-corrected chi connectivity index (χ3v) is 4.30. The summed E-state index contributed by atoms with van der Waals surface area (Å²) in [4.78, 5) is 25.0. The van der Waals surface area contributed by atoms with Gasteiger partial charge in [0.2, 0.25) is 0 Å².